The summed E-state index contributed by atoms with van der Waals surface area (Å²) >= 11 is 0. The molecule has 0 radical (unpaired) electrons. The van der Waals surface area contributed by atoms with E-state index in [2.05, 4.69) is 28.6 Å². The molecular weight excluding hydrogens is 394 g/mol. The Morgan fingerprint density at radius 2 is 1.96 bits per heavy atom. The molecule has 0 aromatic carbocycles. The Bertz CT molecular complexity index is 945. The van der Waals surface area contributed by atoms with Crippen molar-refractivity contribution in [3.8, 4) is 0 Å². The first kappa shape index (κ1) is 19.4. The third-order valence-electron chi connectivity index (χ3n) is 4.94. The largest absolute Gasteiger partial charge is 0.402 e. The maximum atomic E-state index is 11.5. The van der Waals surface area contributed by atoms with Crippen molar-refractivity contribution in [1.82, 2.24) is 19.5 Å². The minimum absolute atomic E-state index is 0.315. The van der Waals surface area contributed by atoms with Crippen LogP contribution in [0.5, 0.6) is 0 Å². The van der Waals surface area contributed by atoms with Crippen LogP contribution >= 0.6 is 0 Å². The molecule has 2 aliphatic rings. The maximum absolute atomic E-state index is 11.5. The van der Waals surface area contributed by atoms with E-state index in [-0.39, 0.29) is 0 Å². The highest BCUT2D eigenvalue weighted by Gasteiger charge is 2.47. The summed E-state index contributed by atoms with van der Waals surface area (Å²) in [5, 5.41) is 23.8. The van der Waals surface area contributed by atoms with Crippen molar-refractivity contribution in [3.05, 3.63) is 12.7 Å². The van der Waals surface area contributed by atoms with Gasteiger partial charge < -0.3 is 20.3 Å². The standard InChI is InChI=1S/C15H21N5O7S/c1-25-28(23,24)27-15-11(22)10(21)14(26-15)20-7-18-9-12(16-6-17-13(9)20)19-8-4-2-3-5-8/h6-8,10-11,14-15,21-22H,2-5H2,1H3,(H,16,17,19)/t10-,11+,14-,15-/m1/s1. The van der Waals surface area contributed by atoms with Crippen LogP contribution in [0.1, 0.15) is 31.9 Å². The van der Waals surface area contributed by atoms with E-state index < -0.39 is 35.1 Å². The second-order valence-corrected chi connectivity index (χ2v) is 8.06. The van der Waals surface area contributed by atoms with E-state index in [9.17, 15) is 18.6 Å². The summed E-state index contributed by atoms with van der Waals surface area (Å²) in [5.41, 5.74) is 0.843. The Labute approximate surface area is 160 Å². The molecule has 12 nitrogen and oxygen atoms in total. The van der Waals surface area contributed by atoms with Gasteiger partial charge in [-0.1, -0.05) is 12.8 Å². The average Bonchev–Trinajstić information content (AvgIpc) is 3.39. The van der Waals surface area contributed by atoms with E-state index in [1.807, 2.05) is 0 Å². The molecule has 154 valence electrons. The molecule has 0 unspecified atom stereocenters. The van der Waals surface area contributed by atoms with Crippen molar-refractivity contribution in [3.63, 3.8) is 0 Å². The Morgan fingerprint density at radius 1 is 1.21 bits per heavy atom. The third-order valence-corrected chi connectivity index (χ3v) is 5.77. The molecule has 1 aliphatic carbocycles. The zero-order valence-corrected chi connectivity index (χ0v) is 15.8. The first-order valence-electron chi connectivity index (χ1n) is 8.84. The van der Waals surface area contributed by atoms with Crippen LogP contribution in [0.15, 0.2) is 12.7 Å². The van der Waals surface area contributed by atoms with Gasteiger partial charge in [0.15, 0.2) is 23.2 Å². The number of aliphatic hydroxyl groups excluding tert-OH is 2. The second-order valence-electron chi connectivity index (χ2n) is 6.72. The minimum Gasteiger partial charge on any atom is -0.385 e. The highest BCUT2D eigenvalue weighted by Crippen LogP contribution is 2.34. The number of aliphatic hydroxyl groups is 2. The predicted molar refractivity (Wildman–Crippen MR) is 94.1 cm³/mol. The van der Waals surface area contributed by atoms with Crippen molar-refractivity contribution < 1.29 is 31.7 Å². The molecule has 28 heavy (non-hydrogen) atoms. The van der Waals surface area contributed by atoms with Gasteiger partial charge in [0.1, 0.15) is 18.5 Å². The lowest BCUT2D eigenvalue weighted by molar-refractivity contribution is -0.126. The van der Waals surface area contributed by atoms with Gasteiger partial charge in [-0.2, -0.15) is 8.42 Å². The highest BCUT2D eigenvalue weighted by molar-refractivity contribution is 7.81. The summed E-state index contributed by atoms with van der Waals surface area (Å²) in [6.07, 6.45) is 1.27. The number of rotatable bonds is 6. The van der Waals surface area contributed by atoms with Crippen LogP contribution in [0.3, 0.4) is 0 Å². The summed E-state index contributed by atoms with van der Waals surface area (Å²) in [6, 6.07) is 0.315. The van der Waals surface area contributed by atoms with Crippen LogP contribution in [-0.2, 0) is 23.5 Å². The van der Waals surface area contributed by atoms with Crippen LogP contribution < -0.4 is 5.32 Å². The second kappa shape index (κ2) is 7.50. The fourth-order valence-corrected chi connectivity index (χ4v) is 3.97. The van der Waals surface area contributed by atoms with Gasteiger partial charge in [-0.05, 0) is 12.8 Å². The summed E-state index contributed by atoms with van der Waals surface area (Å²) in [4.78, 5) is 12.7. The molecule has 3 heterocycles. The molecule has 13 heteroatoms. The van der Waals surface area contributed by atoms with Gasteiger partial charge in [-0.15, -0.1) is 0 Å². The van der Waals surface area contributed by atoms with Crippen molar-refractivity contribution in [2.75, 3.05) is 12.4 Å². The number of hydrogen-bond donors (Lipinski definition) is 3. The fraction of sp³-hybridized carbons (Fsp3) is 0.667. The van der Waals surface area contributed by atoms with Gasteiger partial charge in [0.2, 0.25) is 6.29 Å². The fourth-order valence-electron chi connectivity index (χ4n) is 3.50. The van der Waals surface area contributed by atoms with Gasteiger partial charge >= 0.3 is 10.4 Å². The number of ether oxygens (including phenoxy) is 1. The number of fused-ring (bicyclic) bond motifs is 1. The molecular formula is C15H21N5O7S. The number of hydrogen-bond acceptors (Lipinski definition) is 11. The lowest BCUT2D eigenvalue weighted by Gasteiger charge is -2.16. The molecule has 1 saturated carbocycles. The van der Waals surface area contributed by atoms with Gasteiger partial charge in [0.25, 0.3) is 0 Å². The van der Waals surface area contributed by atoms with Crippen LogP contribution in [-0.4, -0.2) is 69.8 Å². The molecule has 2 fully saturated rings. The first-order chi connectivity index (χ1) is 13.4. The Hall–Kier alpha value is -1.90. The van der Waals surface area contributed by atoms with Crippen LogP contribution in [0, 0.1) is 0 Å². The van der Waals surface area contributed by atoms with E-state index >= 15 is 0 Å². The van der Waals surface area contributed by atoms with E-state index in [4.69, 9.17) is 4.74 Å². The number of anilines is 1. The monoisotopic (exact) mass is 415 g/mol. The van der Waals surface area contributed by atoms with Gasteiger partial charge in [-0.3, -0.25) is 8.75 Å². The lowest BCUT2D eigenvalue weighted by atomic mass is 10.2. The smallest absolute Gasteiger partial charge is 0.385 e. The van der Waals surface area contributed by atoms with Crippen LogP contribution in [0.2, 0.25) is 0 Å². The minimum atomic E-state index is -4.37. The number of nitrogens with zero attached hydrogens (tertiary/aromatic N) is 4. The zero-order chi connectivity index (χ0) is 19.9. The first-order valence-corrected chi connectivity index (χ1v) is 10.2. The van der Waals surface area contributed by atoms with Crippen LogP contribution in [0.25, 0.3) is 11.2 Å². The highest BCUT2D eigenvalue weighted by atomic mass is 32.3. The molecule has 1 aliphatic heterocycles. The van der Waals surface area contributed by atoms with Gasteiger partial charge in [0, 0.05) is 6.04 Å². The summed E-state index contributed by atoms with van der Waals surface area (Å²) in [6.45, 7) is 0. The molecule has 0 bridgehead atoms. The Kier molecular flexibility index (Phi) is 5.20. The van der Waals surface area contributed by atoms with E-state index in [1.54, 1.807) is 0 Å². The summed E-state index contributed by atoms with van der Waals surface area (Å²) in [7, 11) is -3.46. The lowest BCUT2D eigenvalue weighted by Crippen LogP contribution is -2.34. The molecule has 4 atom stereocenters. The van der Waals surface area contributed by atoms with E-state index in [0.29, 0.717) is 23.0 Å². The average molecular weight is 415 g/mol. The molecule has 2 aromatic rings. The molecule has 0 spiro atoms. The zero-order valence-electron chi connectivity index (χ0n) is 15.0. The quantitative estimate of drug-likeness (QED) is 0.567. The van der Waals surface area contributed by atoms with Crippen molar-refractivity contribution in [1.29, 1.82) is 0 Å². The van der Waals surface area contributed by atoms with Crippen LogP contribution in [0.4, 0.5) is 5.82 Å². The number of aromatic nitrogens is 4. The SMILES string of the molecule is COS(=O)(=O)O[C@H]1O[C@@H](n2cnc3c(NC4CCCC4)ncnc32)[C@H](O)[C@@H]1O. The van der Waals surface area contributed by atoms with Gasteiger partial charge in [0.05, 0.1) is 13.4 Å². The van der Waals surface area contributed by atoms with Crippen molar-refractivity contribution >= 4 is 27.4 Å². The Morgan fingerprint density at radius 3 is 2.68 bits per heavy atom. The normalized spacial score (nSPS) is 29.0. The van der Waals surface area contributed by atoms with E-state index in [1.165, 1.54) is 17.2 Å². The summed E-state index contributed by atoms with van der Waals surface area (Å²) < 4.78 is 38.5. The third kappa shape index (κ3) is 3.56. The van der Waals surface area contributed by atoms with Crippen molar-refractivity contribution in [2.24, 2.45) is 0 Å². The molecule has 0 amide bonds. The number of nitrogens with one attached hydrogen (secondary N) is 1. The Balaban J connectivity index is 1.60. The topological polar surface area (TPSA) is 158 Å². The summed E-state index contributed by atoms with van der Waals surface area (Å²) in [5.74, 6) is 0.568. The van der Waals surface area contributed by atoms with Crippen molar-refractivity contribution in [2.45, 2.75) is 56.5 Å². The van der Waals surface area contributed by atoms with E-state index in [0.717, 1.165) is 32.8 Å². The molecule has 1 saturated heterocycles. The molecule has 2 aromatic heterocycles. The predicted octanol–water partition coefficient (Wildman–Crippen LogP) is -0.335. The van der Waals surface area contributed by atoms with Gasteiger partial charge in [-0.25, -0.2) is 19.1 Å². The maximum Gasteiger partial charge on any atom is 0.402 e. The number of imidazole rings is 1. The molecule has 4 rings (SSSR count). The molecule has 3 N–H and O–H groups in total.